The number of benzene rings is 1. The fourth-order valence-corrected chi connectivity index (χ4v) is 3.27. The second-order valence-corrected chi connectivity index (χ2v) is 5.99. The molecular weight excluding hydrogens is 352 g/mol. The van der Waals surface area contributed by atoms with Crippen LogP contribution < -0.4 is 11.1 Å². The third-order valence-electron chi connectivity index (χ3n) is 2.12. The lowest BCUT2D eigenvalue weighted by Gasteiger charge is -2.08. The van der Waals surface area contributed by atoms with Gasteiger partial charge in [-0.15, -0.1) is 11.3 Å². The van der Waals surface area contributed by atoms with E-state index < -0.39 is 0 Å². The van der Waals surface area contributed by atoms with Crippen molar-refractivity contribution in [3.63, 3.8) is 0 Å². The van der Waals surface area contributed by atoms with Gasteiger partial charge in [0.1, 0.15) is 0 Å². The Bertz CT molecular complexity index is 496. The lowest BCUT2D eigenvalue weighted by molar-refractivity contribution is 1.18. The molecule has 1 heterocycles. The molecule has 0 bridgehead atoms. The first-order valence-electron chi connectivity index (χ1n) is 4.67. The molecule has 1 aromatic carbocycles. The summed E-state index contributed by atoms with van der Waals surface area (Å²) in [5.41, 5.74) is 7.49. The normalized spacial score (nSPS) is 10.4. The Hall–Kier alpha value is -0.520. The van der Waals surface area contributed by atoms with Crippen LogP contribution in [-0.4, -0.2) is 0 Å². The molecule has 16 heavy (non-hydrogen) atoms. The van der Waals surface area contributed by atoms with E-state index in [0.717, 1.165) is 26.9 Å². The van der Waals surface area contributed by atoms with Crippen LogP contribution in [0.1, 0.15) is 4.88 Å². The van der Waals surface area contributed by atoms with E-state index in [9.17, 15) is 0 Å². The van der Waals surface area contributed by atoms with E-state index in [0.29, 0.717) is 0 Å². The van der Waals surface area contributed by atoms with Gasteiger partial charge in [-0.1, -0.05) is 0 Å². The molecule has 3 N–H and O–H groups in total. The maximum atomic E-state index is 5.68. The van der Waals surface area contributed by atoms with Crippen molar-refractivity contribution in [1.82, 2.24) is 0 Å². The van der Waals surface area contributed by atoms with Crippen molar-refractivity contribution >= 4 is 54.6 Å². The number of nitrogens with one attached hydrogen (secondary N) is 1. The molecule has 0 saturated heterocycles. The molecule has 0 aliphatic rings. The highest BCUT2D eigenvalue weighted by Crippen LogP contribution is 2.27. The summed E-state index contributed by atoms with van der Waals surface area (Å²) in [5, 5.41) is 5.43. The molecule has 2 nitrogen and oxygen atoms in total. The van der Waals surface area contributed by atoms with Gasteiger partial charge in [0.05, 0.1) is 6.54 Å². The predicted molar refractivity (Wildman–Crippen MR) is 77.9 cm³/mol. The number of anilines is 2. The summed E-state index contributed by atoms with van der Waals surface area (Å²) in [6.07, 6.45) is 0. The zero-order valence-corrected chi connectivity index (χ0v) is 12.3. The Balaban J connectivity index is 2.08. The van der Waals surface area contributed by atoms with Crippen LogP contribution in [0.3, 0.4) is 0 Å². The second-order valence-electron chi connectivity index (χ2n) is 3.28. The number of nitrogen functional groups attached to an aromatic ring is 1. The molecule has 0 amide bonds. The Morgan fingerprint density at radius 1 is 1.19 bits per heavy atom. The van der Waals surface area contributed by atoms with E-state index in [1.54, 1.807) is 11.3 Å². The highest BCUT2D eigenvalue weighted by molar-refractivity contribution is 9.11. The van der Waals surface area contributed by atoms with Crippen LogP contribution >= 0.6 is 43.2 Å². The Morgan fingerprint density at radius 2 is 2.00 bits per heavy atom. The SMILES string of the molecule is Nc1ccc(NCc2sccc2Br)c(Br)c1. The van der Waals surface area contributed by atoms with Gasteiger partial charge in [-0.3, -0.25) is 0 Å². The molecule has 1 aromatic heterocycles. The molecule has 0 aliphatic carbocycles. The first-order valence-corrected chi connectivity index (χ1v) is 7.14. The highest BCUT2D eigenvalue weighted by atomic mass is 79.9. The fourth-order valence-electron chi connectivity index (χ4n) is 1.30. The summed E-state index contributed by atoms with van der Waals surface area (Å²) >= 11 is 8.72. The average molecular weight is 362 g/mol. The van der Waals surface area contributed by atoms with E-state index in [2.05, 4.69) is 48.6 Å². The summed E-state index contributed by atoms with van der Waals surface area (Å²) in [5.74, 6) is 0. The van der Waals surface area contributed by atoms with Crippen molar-refractivity contribution in [1.29, 1.82) is 0 Å². The predicted octanol–water partition coefficient (Wildman–Crippen LogP) is 4.47. The smallest absolute Gasteiger partial charge is 0.0505 e. The van der Waals surface area contributed by atoms with Crippen molar-refractivity contribution in [2.75, 3.05) is 11.1 Å². The summed E-state index contributed by atoms with van der Waals surface area (Å²) < 4.78 is 2.14. The average Bonchev–Trinajstić information content (AvgIpc) is 2.63. The molecule has 2 aromatic rings. The van der Waals surface area contributed by atoms with Gasteiger partial charge in [0.2, 0.25) is 0 Å². The zero-order valence-electron chi connectivity index (χ0n) is 8.34. The van der Waals surface area contributed by atoms with Crippen LogP contribution in [-0.2, 0) is 6.54 Å². The summed E-state index contributed by atoms with van der Waals surface area (Å²) in [4.78, 5) is 1.28. The Kier molecular flexibility index (Phi) is 3.89. The van der Waals surface area contributed by atoms with Gasteiger partial charge in [0.15, 0.2) is 0 Å². The minimum absolute atomic E-state index is 0.759. The first-order chi connectivity index (χ1) is 7.66. The van der Waals surface area contributed by atoms with Crippen molar-refractivity contribution in [3.05, 3.63) is 43.5 Å². The van der Waals surface area contributed by atoms with Crippen molar-refractivity contribution in [2.24, 2.45) is 0 Å². The largest absolute Gasteiger partial charge is 0.399 e. The van der Waals surface area contributed by atoms with Crippen LogP contribution in [0.4, 0.5) is 11.4 Å². The van der Waals surface area contributed by atoms with Gasteiger partial charge in [-0.2, -0.15) is 0 Å². The number of hydrogen-bond acceptors (Lipinski definition) is 3. The van der Waals surface area contributed by atoms with Crippen molar-refractivity contribution in [3.8, 4) is 0 Å². The van der Waals surface area contributed by atoms with Gasteiger partial charge >= 0.3 is 0 Å². The molecule has 0 fully saturated rings. The van der Waals surface area contributed by atoms with Gasteiger partial charge in [-0.05, 0) is 61.5 Å². The van der Waals surface area contributed by atoms with E-state index in [4.69, 9.17) is 5.73 Å². The van der Waals surface area contributed by atoms with E-state index in [-0.39, 0.29) is 0 Å². The second kappa shape index (κ2) is 5.21. The summed E-state index contributed by atoms with van der Waals surface area (Å²) in [6, 6.07) is 7.81. The standard InChI is InChI=1S/C11H10Br2N2S/c12-8-3-4-16-11(8)6-15-10-2-1-7(14)5-9(10)13/h1-5,15H,6,14H2. The molecule has 0 radical (unpaired) electrons. The van der Waals surface area contributed by atoms with E-state index in [1.807, 2.05) is 18.2 Å². The number of halogens is 2. The molecule has 0 atom stereocenters. The van der Waals surface area contributed by atoms with Gasteiger partial charge in [0, 0.05) is 25.2 Å². The van der Waals surface area contributed by atoms with Gasteiger partial charge in [0.25, 0.3) is 0 Å². The quantitative estimate of drug-likeness (QED) is 0.791. The maximum absolute atomic E-state index is 5.68. The molecule has 0 saturated carbocycles. The summed E-state index contributed by atoms with van der Waals surface area (Å²) in [6.45, 7) is 0.806. The molecule has 0 spiro atoms. The Labute approximate surface area is 115 Å². The number of hydrogen-bond donors (Lipinski definition) is 2. The van der Waals surface area contributed by atoms with Crippen molar-refractivity contribution in [2.45, 2.75) is 6.54 Å². The van der Waals surface area contributed by atoms with Crippen LogP contribution in [0, 0.1) is 0 Å². The van der Waals surface area contributed by atoms with Crippen LogP contribution in [0.15, 0.2) is 38.6 Å². The number of rotatable bonds is 3. The third-order valence-corrected chi connectivity index (χ3v) is 4.71. The molecule has 84 valence electrons. The third kappa shape index (κ3) is 2.78. The lowest BCUT2D eigenvalue weighted by atomic mass is 10.3. The van der Waals surface area contributed by atoms with E-state index in [1.165, 1.54) is 4.88 Å². The molecule has 0 aliphatic heterocycles. The minimum atomic E-state index is 0.759. The first kappa shape index (κ1) is 12.0. The minimum Gasteiger partial charge on any atom is -0.399 e. The van der Waals surface area contributed by atoms with Crippen LogP contribution in [0.5, 0.6) is 0 Å². The molecule has 2 rings (SSSR count). The van der Waals surface area contributed by atoms with E-state index >= 15 is 0 Å². The summed E-state index contributed by atoms with van der Waals surface area (Å²) in [7, 11) is 0. The Morgan fingerprint density at radius 3 is 2.62 bits per heavy atom. The number of thiophene rings is 1. The van der Waals surface area contributed by atoms with Crippen molar-refractivity contribution < 1.29 is 0 Å². The van der Waals surface area contributed by atoms with Gasteiger partial charge in [-0.25, -0.2) is 0 Å². The molecule has 5 heteroatoms. The van der Waals surface area contributed by atoms with Crippen LogP contribution in [0.2, 0.25) is 0 Å². The van der Waals surface area contributed by atoms with Crippen LogP contribution in [0.25, 0.3) is 0 Å². The highest BCUT2D eigenvalue weighted by Gasteiger charge is 2.03. The maximum Gasteiger partial charge on any atom is 0.0505 e. The molecular formula is C11H10Br2N2S. The topological polar surface area (TPSA) is 38.0 Å². The zero-order chi connectivity index (χ0) is 11.5. The van der Waals surface area contributed by atoms with Gasteiger partial charge < -0.3 is 11.1 Å². The fraction of sp³-hybridized carbons (Fsp3) is 0.0909. The number of nitrogens with two attached hydrogens (primary N) is 1. The molecule has 0 unspecified atom stereocenters. The monoisotopic (exact) mass is 360 g/mol. The lowest BCUT2D eigenvalue weighted by Crippen LogP contribution is -1.99.